The molecule has 2 aromatic rings. The molecule has 2 aromatic carbocycles. The lowest BCUT2D eigenvalue weighted by molar-refractivity contribution is 0.0499. The zero-order chi connectivity index (χ0) is 21.4. The Labute approximate surface area is 177 Å². The second kappa shape index (κ2) is 10.2. The molecule has 2 rings (SSSR count). The Hall–Kier alpha value is -2.73. The first-order valence-electron chi connectivity index (χ1n) is 9.71. The van der Waals surface area contributed by atoms with E-state index in [0.717, 1.165) is 18.4 Å². The molecule has 0 aromatic heterocycles. The van der Waals surface area contributed by atoms with Crippen LogP contribution in [0.1, 0.15) is 66.8 Å². The zero-order valence-corrected chi connectivity index (χ0v) is 18.2. The second-order valence-electron chi connectivity index (χ2n) is 7.80. The van der Waals surface area contributed by atoms with Crippen molar-refractivity contribution in [3.8, 4) is 0 Å². The number of carbonyl (C=O) groups excluding carboxylic acids is 2. The summed E-state index contributed by atoms with van der Waals surface area (Å²) in [5, 5.41) is 5.80. The highest BCUT2D eigenvalue weighted by Crippen LogP contribution is 2.22. The Morgan fingerprint density at radius 1 is 0.966 bits per heavy atom. The van der Waals surface area contributed by atoms with Crippen LogP contribution < -0.4 is 10.6 Å². The molecule has 0 radical (unpaired) electrons. The van der Waals surface area contributed by atoms with Crippen LogP contribution in [0.2, 0.25) is 0 Å². The maximum absolute atomic E-state index is 12.4. The summed E-state index contributed by atoms with van der Waals surface area (Å²) in [6, 6.07) is 14.2. The molecule has 2 N–H and O–H groups in total. The van der Waals surface area contributed by atoms with Crippen molar-refractivity contribution in [3.05, 3.63) is 65.2 Å². The average molecular weight is 413 g/mol. The van der Waals surface area contributed by atoms with Crippen LogP contribution in [0.15, 0.2) is 48.5 Å². The quantitative estimate of drug-likeness (QED) is 0.394. The van der Waals surface area contributed by atoms with Crippen LogP contribution in [-0.2, 0) is 10.2 Å². The standard InChI is InChI=1S/C23H28N2O3S/c1-5-6-15-28-21(27)17-9-13-19(14-10-17)24-22(29)25-20(26)16-7-11-18(12-8-16)23(2,3)4/h7-14H,5-6,15H2,1-4H3,(H2,24,25,26,29). The molecule has 0 atom stereocenters. The fourth-order valence-electron chi connectivity index (χ4n) is 2.54. The molecule has 0 aliphatic heterocycles. The Morgan fingerprint density at radius 2 is 1.55 bits per heavy atom. The summed E-state index contributed by atoms with van der Waals surface area (Å²) in [5.41, 5.74) is 2.86. The van der Waals surface area contributed by atoms with Gasteiger partial charge in [0.15, 0.2) is 5.11 Å². The van der Waals surface area contributed by atoms with Gasteiger partial charge in [0.1, 0.15) is 0 Å². The fraction of sp³-hybridized carbons (Fsp3) is 0.348. The SMILES string of the molecule is CCCCOC(=O)c1ccc(NC(=S)NC(=O)c2ccc(C(C)(C)C)cc2)cc1. The summed E-state index contributed by atoms with van der Waals surface area (Å²) in [7, 11) is 0. The number of benzene rings is 2. The van der Waals surface area contributed by atoms with Gasteiger partial charge in [0.2, 0.25) is 0 Å². The number of hydrogen-bond acceptors (Lipinski definition) is 4. The second-order valence-corrected chi connectivity index (χ2v) is 8.21. The number of unbranched alkanes of at least 4 members (excludes halogenated alkanes) is 1. The first-order valence-corrected chi connectivity index (χ1v) is 10.1. The lowest BCUT2D eigenvalue weighted by Gasteiger charge is -2.19. The zero-order valence-electron chi connectivity index (χ0n) is 17.4. The molecule has 0 unspecified atom stereocenters. The summed E-state index contributed by atoms with van der Waals surface area (Å²) in [6.45, 7) is 8.82. The molecule has 0 saturated carbocycles. The molecule has 154 valence electrons. The molecular formula is C23H28N2O3S. The molecular weight excluding hydrogens is 384 g/mol. The van der Waals surface area contributed by atoms with Crippen LogP contribution in [0.5, 0.6) is 0 Å². The molecule has 29 heavy (non-hydrogen) atoms. The number of esters is 1. The van der Waals surface area contributed by atoms with E-state index in [1.807, 2.05) is 19.1 Å². The number of rotatable bonds is 6. The van der Waals surface area contributed by atoms with Crippen molar-refractivity contribution in [2.24, 2.45) is 0 Å². The van der Waals surface area contributed by atoms with Crippen LogP contribution in [0.3, 0.4) is 0 Å². The van der Waals surface area contributed by atoms with E-state index in [0.29, 0.717) is 23.4 Å². The highest BCUT2D eigenvalue weighted by Gasteiger charge is 2.15. The summed E-state index contributed by atoms with van der Waals surface area (Å²) in [4.78, 5) is 24.3. The van der Waals surface area contributed by atoms with Crippen molar-refractivity contribution in [3.63, 3.8) is 0 Å². The van der Waals surface area contributed by atoms with Crippen molar-refractivity contribution in [2.75, 3.05) is 11.9 Å². The van der Waals surface area contributed by atoms with Crippen molar-refractivity contribution >= 4 is 34.9 Å². The van der Waals surface area contributed by atoms with Gasteiger partial charge in [-0.2, -0.15) is 0 Å². The van der Waals surface area contributed by atoms with Crippen LogP contribution in [-0.4, -0.2) is 23.6 Å². The van der Waals surface area contributed by atoms with Gasteiger partial charge in [-0.3, -0.25) is 10.1 Å². The normalized spacial score (nSPS) is 10.9. The van der Waals surface area contributed by atoms with Gasteiger partial charge in [-0.05, 0) is 66.0 Å². The summed E-state index contributed by atoms with van der Waals surface area (Å²) >= 11 is 5.22. The minimum absolute atomic E-state index is 0.0282. The largest absolute Gasteiger partial charge is 0.462 e. The van der Waals surface area contributed by atoms with Gasteiger partial charge in [-0.1, -0.05) is 46.2 Å². The lowest BCUT2D eigenvalue weighted by Crippen LogP contribution is -2.34. The van der Waals surface area contributed by atoms with Gasteiger partial charge in [-0.15, -0.1) is 0 Å². The van der Waals surface area contributed by atoms with E-state index in [-0.39, 0.29) is 22.4 Å². The van der Waals surface area contributed by atoms with Gasteiger partial charge >= 0.3 is 5.97 Å². The van der Waals surface area contributed by atoms with Crippen molar-refractivity contribution in [1.29, 1.82) is 0 Å². The summed E-state index contributed by atoms with van der Waals surface area (Å²) < 4.78 is 5.18. The molecule has 0 aliphatic rings. The Bertz CT molecular complexity index is 853. The summed E-state index contributed by atoms with van der Waals surface area (Å²) in [6.07, 6.45) is 1.82. The fourth-order valence-corrected chi connectivity index (χ4v) is 2.75. The minimum Gasteiger partial charge on any atom is -0.462 e. The topological polar surface area (TPSA) is 67.4 Å². The van der Waals surface area contributed by atoms with Gasteiger partial charge in [0.05, 0.1) is 12.2 Å². The number of nitrogens with one attached hydrogen (secondary N) is 2. The number of carbonyl (C=O) groups is 2. The number of amides is 1. The molecule has 0 saturated heterocycles. The number of anilines is 1. The van der Waals surface area contributed by atoms with Crippen LogP contribution in [0, 0.1) is 0 Å². The van der Waals surface area contributed by atoms with Crippen LogP contribution in [0.25, 0.3) is 0 Å². The van der Waals surface area contributed by atoms with Crippen molar-refractivity contribution < 1.29 is 14.3 Å². The highest BCUT2D eigenvalue weighted by molar-refractivity contribution is 7.80. The van der Waals surface area contributed by atoms with E-state index < -0.39 is 0 Å². The van der Waals surface area contributed by atoms with Crippen molar-refractivity contribution in [2.45, 2.75) is 46.0 Å². The van der Waals surface area contributed by atoms with E-state index in [9.17, 15) is 9.59 Å². The first-order chi connectivity index (χ1) is 13.7. The Morgan fingerprint density at radius 3 is 2.10 bits per heavy atom. The molecule has 0 spiro atoms. The predicted octanol–water partition coefficient (Wildman–Crippen LogP) is 5.07. The van der Waals surface area contributed by atoms with Crippen LogP contribution in [0.4, 0.5) is 5.69 Å². The molecule has 0 heterocycles. The Balaban J connectivity index is 1.90. The highest BCUT2D eigenvalue weighted by atomic mass is 32.1. The lowest BCUT2D eigenvalue weighted by atomic mass is 9.87. The number of ether oxygens (including phenoxy) is 1. The first kappa shape index (κ1) is 22.6. The van der Waals surface area contributed by atoms with Gasteiger partial charge in [-0.25, -0.2) is 4.79 Å². The average Bonchev–Trinajstić information content (AvgIpc) is 2.68. The van der Waals surface area contributed by atoms with E-state index in [1.54, 1.807) is 36.4 Å². The smallest absolute Gasteiger partial charge is 0.338 e. The van der Waals surface area contributed by atoms with Crippen LogP contribution >= 0.6 is 12.2 Å². The van der Waals surface area contributed by atoms with Gasteiger partial charge < -0.3 is 10.1 Å². The molecule has 5 nitrogen and oxygen atoms in total. The van der Waals surface area contributed by atoms with E-state index >= 15 is 0 Å². The molecule has 0 fully saturated rings. The minimum atomic E-state index is -0.348. The van der Waals surface area contributed by atoms with E-state index in [1.165, 1.54) is 0 Å². The monoisotopic (exact) mass is 412 g/mol. The maximum Gasteiger partial charge on any atom is 0.338 e. The third-order valence-electron chi connectivity index (χ3n) is 4.35. The van der Waals surface area contributed by atoms with Gasteiger partial charge in [0, 0.05) is 11.3 Å². The third kappa shape index (κ3) is 6.98. The van der Waals surface area contributed by atoms with Crippen molar-refractivity contribution in [1.82, 2.24) is 5.32 Å². The molecule has 1 amide bonds. The Kier molecular flexibility index (Phi) is 7.91. The van der Waals surface area contributed by atoms with E-state index in [4.69, 9.17) is 17.0 Å². The van der Waals surface area contributed by atoms with E-state index in [2.05, 4.69) is 31.4 Å². The molecule has 0 aliphatic carbocycles. The summed E-state index contributed by atoms with van der Waals surface area (Å²) in [5.74, 6) is -0.626. The number of thiocarbonyl (C=S) groups is 1. The predicted molar refractivity (Wildman–Crippen MR) is 120 cm³/mol. The third-order valence-corrected chi connectivity index (χ3v) is 4.55. The maximum atomic E-state index is 12.4. The molecule has 6 heteroatoms. The van der Waals surface area contributed by atoms with Gasteiger partial charge in [0.25, 0.3) is 5.91 Å². The number of hydrogen-bond donors (Lipinski definition) is 2. The molecule has 0 bridgehead atoms.